The van der Waals surface area contributed by atoms with Crippen LogP contribution in [0.4, 0.5) is 0 Å². The number of carbonyl (C=O) groups is 1. The summed E-state index contributed by atoms with van der Waals surface area (Å²) in [7, 11) is 0. The van der Waals surface area contributed by atoms with Crippen molar-refractivity contribution in [2.45, 2.75) is 52.4 Å². The molecule has 1 aliphatic rings. The molecule has 0 unspecified atom stereocenters. The second kappa shape index (κ2) is 7.22. The molecule has 0 aliphatic heterocycles. The van der Waals surface area contributed by atoms with Crippen LogP contribution in [0, 0.1) is 12.8 Å². The van der Waals surface area contributed by atoms with Crippen molar-refractivity contribution in [3.05, 3.63) is 35.4 Å². The maximum Gasteiger partial charge on any atom is 0.243 e. The van der Waals surface area contributed by atoms with Crippen LogP contribution >= 0.6 is 0 Å². The van der Waals surface area contributed by atoms with Crippen LogP contribution in [0.5, 0.6) is 0 Å². The van der Waals surface area contributed by atoms with Crippen LogP contribution < -0.4 is 5.43 Å². The van der Waals surface area contributed by atoms with Crippen molar-refractivity contribution in [3.63, 3.8) is 0 Å². The Morgan fingerprint density at radius 2 is 1.85 bits per heavy atom. The number of aryl methyl sites for hydroxylation is 1. The lowest BCUT2D eigenvalue weighted by molar-refractivity contribution is -0.125. The van der Waals surface area contributed by atoms with E-state index in [4.69, 9.17) is 0 Å². The highest BCUT2D eigenvalue weighted by atomic mass is 16.2. The fourth-order valence-electron chi connectivity index (χ4n) is 2.67. The largest absolute Gasteiger partial charge is 0.273 e. The van der Waals surface area contributed by atoms with Gasteiger partial charge < -0.3 is 0 Å². The lowest BCUT2D eigenvalue weighted by atomic mass is 9.89. The monoisotopic (exact) mass is 272 g/mol. The van der Waals surface area contributed by atoms with Crippen molar-refractivity contribution >= 4 is 11.6 Å². The summed E-state index contributed by atoms with van der Waals surface area (Å²) >= 11 is 0. The molecule has 1 aliphatic carbocycles. The average Bonchev–Trinajstić information content (AvgIpc) is 2.50. The van der Waals surface area contributed by atoms with E-state index in [9.17, 15) is 4.79 Å². The molecule has 1 amide bonds. The predicted octanol–water partition coefficient (Wildman–Crippen LogP) is 3.81. The maximum absolute atomic E-state index is 12.1. The van der Waals surface area contributed by atoms with Gasteiger partial charge in [-0.15, -0.1) is 0 Å². The van der Waals surface area contributed by atoms with Crippen molar-refractivity contribution in [2.24, 2.45) is 11.0 Å². The summed E-state index contributed by atoms with van der Waals surface area (Å²) in [5.41, 5.74) is 6.02. The number of nitrogens with one attached hydrogen (secondary N) is 1. The fourth-order valence-corrected chi connectivity index (χ4v) is 2.67. The first kappa shape index (κ1) is 14.8. The SMILES string of the molecule is CCC(=NNC(=O)C1CCCCC1)c1ccc(C)cc1. The number of hydrazone groups is 1. The van der Waals surface area contributed by atoms with Gasteiger partial charge >= 0.3 is 0 Å². The molecule has 0 saturated heterocycles. The minimum atomic E-state index is 0.0859. The highest BCUT2D eigenvalue weighted by Gasteiger charge is 2.20. The standard InChI is InChI=1S/C17H24N2O/c1-3-16(14-11-9-13(2)10-12-14)18-19-17(20)15-7-5-4-6-8-15/h9-12,15H,3-8H2,1-2H3,(H,19,20). The highest BCUT2D eigenvalue weighted by molar-refractivity contribution is 6.01. The van der Waals surface area contributed by atoms with Crippen molar-refractivity contribution in [3.8, 4) is 0 Å². The summed E-state index contributed by atoms with van der Waals surface area (Å²) in [6.45, 7) is 4.13. The lowest BCUT2D eigenvalue weighted by Gasteiger charge is -2.19. The third kappa shape index (κ3) is 3.92. The summed E-state index contributed by atoms with van der Waals surface area (Å²) in [6.07, 6.45) is 6.42. The van der Waals surface area contributed by atoms with Crippen LogP contribution in [0.2, 0.25) is 0 Å². The Morgan fingerprint density at radius 3 is 2.45 bits per heavy atom. The van der Waals surface area contributed by atoms with Gasteiger partial charge in [0, 0.05) is 5.92 Å². The molecule has 108 valence electrons. The summed E-state index contributed by atoms with van der Waals surface area (Å²) in [5, 5.41) is 4.33. The van der Waals surface area contributed by atoms with Gasteiger partial charge in [-0.2, -0.15) is 5.10 Å². The van der Waals surface area contributed by atoms with E-state index in [2.05, 4.69) is 48.6 Å². The molecule has 0 heterocycles. The smallest absolute Gasteiger partial charge is 0.243 e. The first-order chi connectivity index (χ1) is 9.70. The van der Waals surface area contributed by atoms with Gasteiger partial charge in [0.15, 0.2) is 0 Å². The third-order valence-electron chi connectivity index (χ3n) is 4.00. The van der Waals surface area contributed by atoms with Crippen LogP contribution in [-0.2, 0) is 4.79 Å². The number of hydrogen-bond donors (Lipinski definition) is 1. The Hall–Kier alpha value is -1.64. The fraction of sp³-hybridized carbons (Fsp3) is 0.529. The number of carbonyl (C=O) groups excluding carboxylic acids is 1. The molecular formula is C17H24N2O. The van der Waals surface area contributed by atoms with E-state index in [-0.39, 0.29) is 11.8 Å². The van der Waals surface area contributed by atoms with E-state index >= 15 is 0 Å². The molecule has 0 bridgehead atoms. The first-order valence-corrected chi connectivity index (χ1v) is 7.64. The normalized spacial score (nSPS) is 17.0. The predicted molar refractivity (Wildman–Crippen MR) is 82.7 cm³/mol. The lowest BCUT2D eigenvalue weighted by Crippen LogP contribution is -2.29. The third-order valence-corrected chi connectivity index (χ3v) is 4.00. The minimum absolute atomic E-state index is 0.0859. The van der Waals surface area contributed by atoms with Crippen LogP contribution in [0.15, 0.2) is 29.4 Å². The molecule has 1 aromatic rings. The van der Waals surface area contributed by atoms with Crippen molar-refractivity contribution in [1.82, 2.24) is 5.43 Å². The van der Waals surface area contributed by atoms with Gasteiger partial charge in [0.25, 0.3) is 0 Å². The van der Waals surface area contributed by atoms with E-state index in [0.717, 1.165) is 30.5 Å². The molecule has 2 rings (SSSR count). The number of hydrogen-bond acceptors (Lipinski definition) is 2. The number of amides is 1. The van der Waals surface area contributed by atoms with Gasteiger partial charge in [-0.25, -0.2) is 5.43 Å². The van der Waals surface area contributed by atoms with Crippen molar-refractivity contribution in [2.75, 3.05) is 0 Å². The van der Waals surface area contributed by atoms with Crippen molar-refractivity contribution < 1.29 is 4.79 Å². The maximum atomic E-state index is 12.1. The van der Waals surface area contributed by atoms with Crippen LogP contribution in [0.25, 0.3) is 0 Å². The molecule has 0 aromatic heterocycles. The molecule has 0 spiro atoms. The van der Waals surface area contributed by atoms with Crippen LogP contribution in [0.3, 0.4) is 0 Å². The Bertz CT molecular complexity index is 470. The van der Waals surface area contributed by atoms with E-state index in [1.54, 1.807) is 0 Å². The minimum Gasteiger partial charge on any atom is -0.273 e. The van der Waals surface area contributed by atoms with Gasteiger partial charge in [-0.1, -0.05) is 56.0 Å². The Morgan fingerprint density at radius 1 is 1.20 bits per heavy atom. The molecule has 20 heavy (non-hydrogen) atoms. The van der Waals surface area contributed by atoms with E-state index in [0.29, 0.717) is 0 Å². The van der Waals surface area contributed by atoms with E-state index < -0.39 is 0 Å². The summed E-state index contributed by atoms with van der Waals surface area (Å²) in [6, 6.07) is 8.27. The second-order valence-corrected chi connectivity index (χ2v) is 5.59. The molecule has 3 nitrogen and oxygen atoms in total. The molecular weight excluding hydrogens is 248 g/mol. The molecule has 1 saturated carbocycles. The van der Waals surface area contributed by atoms with Gasteiger partial charge in [0.05, 0.1) is 5.71 Å². The van der Waals surface area contributed by atoms with E-state index in [1.165, 1.54) is 24.8 Å². The molecule has 3 heteroatoms. The van der Waals surface area contributed by atoms with Crippen LogP contribution in [-0.4, -0.2) is 11.6 Å². The summed E-state index contributed by atoms with van der Waals surface area (Å²) in [5.74, 6) is 0.242. The highest BCUT2D eigenvalue weighted by Crippen LogP contribution is 2.23. The first-order valence-electron chi connectivity index (χ1n) is 7.64. The molecule has 0 atom stereocenters. The zero-order valence-electron chi connectivity index (χ0n) is 12.5. The zero-order chi connectivity index (χ0) is 14.4. The summed E-state index contributed by atoms with van der Waals surface area (Å²) < 4.78 is 0. The van der Waals surface area contributed by atoms with E-state index in [1.807, 2.05) is 0 Å². The number of nitrogens with zero attached hydrogens (tertiary/aromatic N) is 1. The molecule has 1 aromatic carbocycles. The quantitative estimate of drug-likeness (QED) is 0.657. The number of rotatable bonds is 4. The molecule has 0 radical (unpaired) electrons. The average molecular weight is 272 g/mol. The number of benzene rings is 1. The Labute approximate surface area is 121 Å². The Kier molecular flexibility index (Phi) is 5.33. The topological polar surface area (TPSA) is 41.5 Å². The van der Waals surface area contributed by atoms with Crippen LogP contribution in [0.1, 0.15) is 56.6 Å². The van der Waals surface area contributed by atoms with Gasteiger partial charge in [0.1, 0.15) is 0 Å². The van der Waals surface area contributed by atoms with Gasteiger partial charge in [0.2, 0.25) is 5.91 Å². The zero-order valence-corrected chi connectivity index (χ0v) is 12.5. The summed E-state index contributed by atoms with van der Waals surface area (Å²) in [4.78, 5) is 12.1. The second-order valence-electron chi connectivity index (χ2n) is 5.59. The van der Waals surface area contributed by atoms with Crippen molar-refractivity contribution in [1.29, 1.82) is 0 Å². The van der Waals surface area contributed by atoms with Gasteiger partial charge in [-0.3, -0.25) is 4.79 Å². The van der Waals surface area contributed by atoms with Gasteiger partial charge in [-0.05, 0) is 31.7 Å². The molecule has 1 N–H and O–H groups in total. The molecule has 1 fully saturated rings. The Balaban J connectivity index is 2.00.